The fourth-order valence-electron chi connectivity index (χ4n) is 6.18. The molecule has 0 saturated carbocycles. The number of nitrogens with one attached hydrogen (secondary N) is 1. The van der Waals surface area contributed by atoms with Crippen LogP contribution in [0.15, 0.2) is 158 Å². The first kappa shape index (κ1) is 24.6. The van der Waals surface area contributed by atoms with Gasteiger partial charge in [0, 0.05) is 27.1 Å². The lowest BCUT2D eigenvalue weighted by molar-refractivity contribution is 0.663. The molecular weight excluding hydrogens is 542 g/mol. The first-order valence-corrected chi connectivity index (χ1v) is 14.7. The summed E-state index contributed by atoms with van der Waals surface area (Å²) in [6, 6.07) is 47.5. The van der Waals surface area contributed by atoms with Crippen molar-refractivity contribution in [3.63, 3.8) is 0 Å². The molecule has 1 N–H and O–H groups in total. The fourth-order valence-corrected chi connectivity index (χ4v) is 6.18. The maximum absolute atomic E-state index is 6.62. The number of nitrogens with zero attached hydrogens (tertiary/aromatic N) is 2. The van der Waals surface area contributed by atoms with Crippen LogP contribution < -0.4 is 5.32 Å². The number of benzene rings is 6. The maximum Gasteiger partial charge on any atom is 0.163 e. The van der Waals surface area contributed by atoms with Gasteiger partial charge in [-0.25, -0.2) is 9.98 Å². The first-order valence-electron chi connectivity index (χ1n) is 14.7. The van der Waals surface area contributed by atoms with E-state index < -0.39 is 0 Å². The minimum atomic E-state index is -0.279. The highest BCUT2D eigenvalue weighted by molar-refractivity contribution is 6.19. The molecule has 0 bridgehead atoms. The van der Waals surface area contributed by atoms with Gasteiger partial charge in [-0.15, -0.1) is 0 Å². The normalized spacial score (nSPS) is 15.0. The van der Waals surface area contributed by atoms with Gasteiger partial charge in [0.15, 0.2) is 5.84 Å². The van der Waals surface area contributed by atoms with Crippen LogP contribution in [-0.2, 0) is 0 Å². The number of para-hydroxylation sites is 2. The summed E-state index contributed by atoms with van der Waals surface area (Å²) in [5, 5.41) is 7.86. The second-order valence-corrected chi connectivity index (χ2v) is 11.0. The smallest absolute Gasteiger partial charge is 0.163 e. The van der Waals surface area contributed by atoms with Crippen LogP contribution in [0.25, 0.3) is 55.0 Å². The van der Waals surface area contributed by atoms with Crippen molar-refractivity contribution in [3.05, 3.63) is 156 Å². The van der Waals surface area contributed by atoms with Gasteiger partial charge in [-0.1, -0.05) is 103 Å². The van der Waals surface area contributed by atoms with Crippen molar-refractivity contribution in [2.24, 2.45) is 9.98 Å². The molecule has 0 saturated heterocycles. The van der Waals surface area contributed by atoms with Gasteiger partial charge < -0.3 is 14.2 Å². The lowest BCUT2D eigenvalue weighted by atomic mass is 10.0. The van der Waals surface area contributed by atoms with E-state index in [1.165, 1.54) is 0 Å². The Balaban J connectivity index is 1.17. The van der Waals surface area contributed by atoms with Gasteiger partial charge in [-0.05, 0) is 53.1 Å². The number of hydrogen-bond acceptors (Lipinski definition) is 5. The molecule has 208 valence electrons. The van der Waals surface area contributed by atoms with Crippen molar-refractivity contribution in [1.82, 2.24) is 5.32 Å². The van der Waals surface area contributed by atoms with Crippen LogP contribution in [-0.4, -0.2) is 11.7 Å². The molecule has 1 aliphatic heterocycles. The molecule has 6 aromatic carbocycles. The van der Waals surface area contributed by atoms with Crippen molar-refractivity contribution >= 4 is 55.5 Å². The lowest BCUT2D eigenvalue weighted by Crippen LogP contribution is -2.33. The number of fused-ring (bicyclic) bond motifs is 6. The highest BCUT2D eigenvalue weighted by Gasteiger charge is 2.23. The van der Waals surface area contributed by atoms with E-state index in [4.69, 9.17) is 18.8 Å². The molecule has 44 heavy (non-hydrogen) atoms. The lowest BCUT2D eigenvalue weighted by Gasteiger charge is -2.23. The van der Waals surface area contributed by atoms with Crippen LogP contribution in [0.5, 0.6) is 0 Å². The molecule has 1 atom stereocenters. The Morgan fingerprint density at radius 1 is 0.500 bits per heavy atom. The number of rotatable bonds is 4. The fraction of sp³-hybridized carbons (Fsp3) is 0.0256. The molecule has 1 aliphatic rings. The van der Waals surface area contributed by atoms with Crippen molar-refractivity contribution in [3.8, 4) is 11.1 Å². The molecule has 8 aromatic rings. The van der Waals surface area contributed by atoms with E-state index in [0.717, 1.165) is 77.5 Å². The molecule has 0 fully saturated rings. The third-order valence-corrected chi connectivity index (χ3v) is 8.36. The van der Waals surface area contributed by atoms with Gasteiger partial charge in [0.1, 0.15) is 34.3 Å². The SMILES string of the molecule is c1ccc(C2=NC(c3cccc4c3oc3cc(-c5ccc6c(c5)oc5ccccc56)ccc34)=NC(c3ccccc3)N2)cc1. The summed E-state index contributed by atoms with van der Waals surface area (Å²) in [7, 11) is 0. The number of furan rings is 2. The minimum Gasteiger partial charge on any atom is -0.456 e. The second kappa shape index (κ2) is 9.82. The molecule has 0 aliphatic carbocycles. The third kappa shape index (κ3) is 4.02. The van der Waals surface area contributed by atoms with Crippen LogP contribution in [0.1, 0.15) is 22.9 Å². The number of hydrogen-bond donors (Lipinski definition) is 1. The van der Waals surface area contributed by atoms with E-state index in [-0.39, 0.29) is 6.17 Å². The Labute approximate surface area is 252 Å². The van der Waals surface area contributed by atoms with Crippen LogP contribution in [0, 0.1) is 0 Å². The van der Waals surface area contributed by atoms with Gasteiger partial charge in [-0.3, -0.25) is 0 Å². The summed E-state index contributed by atoms with van der Waals surface area (Å²) < 4.78 is 12.8. The number of amidine groups is 2. The minimum absolute atomic E-state index is 0.279. The summed E-state index contributed by atoms with van der Waals surface area (Å²) in [6.07, 6.45) is -0.279. The standard InChI is InChI=1S/C39H25N3O2/c1-3-10-24(11-4-1)37-40-38(25-12-5-2-6-13-25)42-39(41-37)32-16-9-15-31-30-21-19-27(23-35(30)44-36(31)32)26-18-20-29-28-14-7-8-17-33(28)43-34(29)22-26/h1-23,37H,(H,40,41,42). The van der Waals surface area contributed by atoms with E-state index in [1.54, 1.807) is 0 Å². The summed E-state index contributed by atoms with van der Waals surface area (Å²) in [6.45, 7) is 0. The topological polar surface area (TPSA) is 63.0 Å². The van der Waals surface area contributed by atoms with Gasteiger partial charge in [0.05, 0.1) is 5.56 Å². The predicted molar refractivity (Wildman–Crippen MR) is 178 cm³/mol. The van der Waals surface area contributed by atoms with Crippen LogP contribution in [0.3, 0.4) is 0 Å². The van der Waals surface area contributed by atoms with Crippen molar-refractivity contribution in [2.45, 2.75) is 6.17 Å². The largest absolute Gasteiger partial charge is 0.456 e. The highest BCUT2D eigenvalue weighted by atomic mass is 16.3. The number of aliphatic imine (C=N–C) groups is 2. The van der Waals surface area contributed by atoms with Crippen molar-refractivity contribution < 1.29 is 8.83 Å². The summed E-state index contributed by atoms with van der Waals surface area (Å²) in [5.41, 5.74) is 8.43. The summed E-state index contributed by atoms with van der Waals surface area (Å²) >= 11 is 0. The van der Waals surface area contributed by atoms with Gasteiger partial charge in [0.25, 0.3) is 0 Å². The molecular formula is C39H25N3O2. The maximum atomic E-state index is 6.62. The highest BCUT2D eigenvalue weighted by Crippen LogP contribution is 2.37. The zero-order chi connectivity index (χ0) is 29.0. The van der Waals surface area contributed by atoms with Gasteiger partial charge in [-0.2, -0.15) is 0 Å². The molecule has 5 nitrogen and oxygen atoms in total. The van der Waals surface area contributed by atoms with E-state index >= 15 is 0 Å². The zero-order valence-corrected chi connectivity index (χ0v) is 23.6. The average molecular weight is 568 g/mol. The van der Waals surface area contributed by atoms with Crippen molar-refractivity contribution in [2.75, 3.05) is 0 Å². The van der Waals surface area contributed by atoms with E-state index in [1.807, 2.05) is 60.7 Å². The Morgan fingerprint density at radius 3 is 1.93 bits per heavy atom. The molecule has 0 radical (unpaired) electrons. The Morgan fingerprint density at radius 2 is 1.14 bits per heavy atom. The average Bonchev–Trinajstić information content (AvgIpc) is 3.66. The van der Waals surface area contributed by atoms with Gasteiger partial charge in [0.2, 0.25) is 0 Å². The zero-order valence-electron chi connectivity index (χ0n) is 23.6. The molecule has 9 rings (SSSR count). The monoisotopic (exact) mass is 567 g/mol. The third-order valence-electron chi connectivity index (χ3n) is 8.36. The van der Waals surface area contributed by atoms with Crippen LogP contribution in [0.2, 0.25) is 0 Å². The Hall–Kier alpha value is -5.94. The van der Waals surface area contributed by atoms with E-state index in [0.29, 0.717) is 5.84 Å². The van der Waals surface area contributed by atoms with Crippen LogP contribution >= 0.6 is 0 Å². The van der Waals surface area contributed by atoms with Crippen molar-refractivity contribution in [1.29, 1.82) is 0 Å². The molecule has 5 heteroatoms. The molecule has 1 unspecified atom stereocenters. The van der Waals surface area contributed by atoms with E-state index in [2.05, 4.69) is 84.2 Å². The summed E-state index contributed by atoms with van der Waals surface area (Å²) in [4.78, 5) is 10.1. The van der Waals surface area contributed by atoms with E-state index in [9.17, 15) is 0 Å². The Kier molecular flexibility index (Phi) is 5.50. The summed E-state index contributed by atoms with van der Waals surface area (Å²) in [5.74, 6) is 1.41. The van der Waals surface area contributed by atoms with Crippen LogP contribution in [0.4, 0.5) is 0 Å². The molecule has 0 amide bonds. The van der Waals surface area contributed by atoms with Gasteiger partial charge >= 0.3 is 0 Å². The predicted octanol–water partition coefficient (Wildman–Crippen LogP) is 9.65. The molecule has 0 spiro atoms. The molecule has 2 aromatic heterocycles. The second-order valence-electron chi connectivity index (χ2n) is 11.0. The first-order chi connectivity index (χ1) is 21.8. The Bertz CT molecular complexity index is 2420. The quantitative estimate of drug-likeness (QED) is 0.230. The molecule has 3 heterocycles.